The molecule has 1 heterocycles. The number of carbonyl (C=O) groups is 1. The molecule has 0 radical (unpaired) electrons. The second kappa shape index (κ2) is 6.31. The van der Waals surface area contributed by atoms with E-state index >= 15 is 0 Å². The third kappa shape index (κ3) is 3.02. The molecule has 0 unspecified atom stereocenters. The Morgan fingerprint density at radius 3 is 2.72 bits per heavy atom. The van der Waals surface area contributed by atoms with Gasteiger partial charge in [0, 0.05) is 11.3 Å². The van der Waals surface area contributed by atoms with Crippen LogP contribution in [0.5, 0.6) is 0 Å². The normalized spacial score (nSPS) is 15.0. The van der Waals surface area contributed by atoms with Crippen LogP contribution in [0.25, 0.3) is 11.0 Å². The number of benzene rings is 2. The third-order valence-corrected chi connectivity index (χ3v) is 5.05. The van der Waals surface area contributed by atoms with Crippen LogP contribution >= 0.6 is 0 Å². The lowest BCUT2D eigenvalue weighted by Crippen LogP contribution is -2.13. The Hall–Kier alpha value is -2.69. The van der Waals surface area contributed by atoms with E-state index < -0.39 is 0 Å². The molecule has 3 aromatic rings. The van der Waals surface area contributed by atoms with E-state index in [4.69, 9.17) is 0 Å². The highest BCUT2D eigenvalue weighted by atomic mass is 16.1. The lowest BCUT2D eigenvalue weighted by atomic mass is 10.1. The van der Waals surface area contributed by atoms with E-state index in [0.717, 1.165) is 40.7 Å². The molecule has 4 rings (SSSR count). The minimum absolute atomic E-state index is 0.119. The molecule has 1 aromatic heterocycles. The number of nitrogens with one attached hydrogen (secondary N) is 1. The molecule has 1 amide bonds. The topological polar surface area (TPSA) is 59.8 Å². The zero-order chi connectivity index (χ0) is 17.4. The van der Waals surface area contributed by atoms with Gasteiger partial charge >= 0.3 is 0 Å². The summed E-state index contributed by atoms with van der Waals surface area (Å²) >= 11 is 0. The van der Waals surface area contributed by atoms with E-state index in [1.807, 2.05) is 54.9 Å². The molecule has 0 atom stereocenters. The number of aromatic nitrogens is 3. The van der Waals surface area contributed by atoms with Gasteiger partial charge in [0.2, 0.25) is 0 Å². The molecule has 0 bridgehead atoms. The van der Waals surface area contributed by atoms with Crippen LogP contribution in [0.15, 0.2) is 36.4 Å². The number of rotatable bonds is 3. The van der Waals surface area contributed by atoms with Gasteiger partial charge in [-0.2, -0.15) is 0 Å². The molecule has 1 aliphatic rings. The quantitative estimate of drug-likeness (QED) is 0.771. The number of hydrogen-bond acceptors (Lipinski definition) is 3. The predicted octanol–water partition coefficient (Wildman–Crippen LogP) is 4.42. The maximum Gasteiger partial charge on any atom is 0.255 e. The maximum absolute atomic E-state index is 12.6. The summed E-state index contributed by atoms with van der Waals surface area (Å²) in [6, 6.07) is 12.1. The number of carbonyl (C=O) groups excluding carboxylic acids is 1. The zero-order valence-electron chi connectivity index (χ0n) is 14.6. The molecule has 25 heavy (non-hydrogen) atoms. The smallest absolute Gasteiger partial charge is 0.255 e. The van der Waals surface area contributed by atoms with Gasteiger partial charge in [0.1, 0.15) is 5.52 Å². The standard InChI is InChI=1S/C20H22N4O/c1-13-7-8-14(2)17(11-13)21-20(25)15-9-10-19-18(12-15)22-23-24(19)16-5-3-4-6-16/h7-12,16H,3-6H2,1-2H3,(H,21,25). The molecule has 128 valence electrons. The Balaban J connectivity index is 1.61. The van der Waals surface area contributed by atoms with Crippen molar-refractivity contribution >= 4 is 22.6 Å². The summed E-state index contributed by atoms with van der Waals surface area (Å²) in [5.41, 5.74) is 5.41. The average Bonchev–Trinajstić information content (AvgIpc) is 3.26. The van der Waals surface area contributed by atoms with Crippen molar-refractivity contribution in [3.05, 3.63) is 53.1 Å². The first kappa shape index (κ1) is 15.8. The van der Waals surface area contributed by atoms with Crippen LogP contribution in [-0.2, 0) is 0 Å². The van der Waals surface area contributed by atoms with Gasteiger partial charge in [-0.05, 0) is 62.1 Å². The Morgan fingerprint density at radius 1 is 1.12 bits per heavy atom. The number of anilines is 1. The number of amides is 1. The fraction of sp³-hybridized carbons (Fsp3) is 0.350. The Kier molecular flexibility index (Phi) is 3.99. The van der Waals surface area contributed by atoms with Crippen molar-refractivity contribution in [3.63, 3.8) is 0 Å². The Morgan fingerprint density at radius 2 is 1.92 bits per heavy atom. The fourth-order valence-electron chi connectivity index (χ4n) is 3.57. The van der Waals surface area contributed by atoms with E-state index in [1.54, 1.807) is 0 Å². The van der Waals surface area contributed by atoms with Crippen LogP contribution in [0.1, 0.15) is 53.2 Å². The number of aryl methyl sites for hydroxylation is 2. The van der Waals surface area contributed by atoms with Crippen LogP contribution in [0, 0.1) is 13.8 Å². The second-order valence-corrected chi connectivity index (χ2v) is 6.95. The molecule has 1 saturated carbocycles. The average molecular weight is 334 g/mol. The van der Waals surface area contributed by atoms with Gasteiger partial charge in [0.15, 0.2) is 0 Å². The van der Waals surface area contributed by atoms with Gasteiger partial charge in [-0.3, -0.25) is 4.79 Å². The molecule has 5 nitrogen and oxygen atoms in total. The molecule has 1 N–H and O–H groups in total. The van der Waals surface area contributed by atoms with Crippen LogP contribution in [0.3, 0.4) is 0 Å². The molecular formula is C20H22N4O. The van der Waals surface area contributed by atoms with Gasteiger partial charge in [0.25, 0.3) is 5.91 Å². The first-order valence-electron chi connectivity index (χ1n) is 8.85. The SMILES string of the molecule is Cc1ccc(C)c(NC(=O)c2ccc3c(c2)nnn3C2CCCC2)c1. The van der Waals surface area contributed by atoms with Crippen molar-refractivity contribution in [2.75, 3.05) is 5.32 Å². The van der Waals surface area contributed by atoms with Crippen molar-refractivity contribution in [3.8, 4) is 0 Å². The summed E-state index contributed by atoms with van der Waals surface area (Å²) in [7, 11) is 0. The summed E-state index contributed by atoms with van der Waals surface area (Å²) < 4.78 is 2.02. The fourth-order valence-corrected chi connectivity index (χ4v) is 3.57. The van der Waals surface area contributed by atoms with Gasteiger partial charge in [-0.25, -0.2) is 4.68 Å². The van der Waals surface area contributed by atoms with Crippen molar-refractivity contribution < 1.29 is 4.79 Å². The number of hydrogen-bond donors (Lipinski definition) is 1. The molecule has 0 saturated heterocycles. The van der Waals surface area contributed by atoms with Crippen LogP contribution in [-0.4, -0.2) is 20.9 Å². The van der Waals surface area contributed by atoms with Crippen LogP contribution < -0.4 is 5.32 Å². The first-order chi connectivity index (χ1) is 12.1. The highest BCUT2D eigenvalue weighted by Crippen LogP contribution is 2.31. The van der Waals surface area contributed by atoms with E-state index in [9.17, 15) is 4.79 Å². The number of fused-ring (bicyclic) bond motifs is 1. The van der Waals surface area contributed by atoms with E-state index in [0.29, 0.717) is 11.6 Å². The van der Waals surface area contributed by atoms with Crippen molar-refractivity contribution in [1.82, 2.24) is 15.0 Å². The second-order valence-electron chi connectivity index (χ2n) is 6.95. The van der Waals surface area contributed by atoms with Crippen molar-refractivity contribution in [1.29, 1.82) is 0 Å². The third-order valence-electron chi connectivity index (χ3n) is 5.05. The largest absolute Gasteiger partial charge is 0.322 e. The lowest BCUT2D eigenvalue weighted by molar-refractivity contribution is 0.102. The van der Waals surface area contributed by atoms with E-state index in [1.165, 1.54) is 12.8 Å². The highest BCUT2D eigenvalue weighted by Gasteiger charge is 2.20. The van der Waals surface area contributed by atoms with E-state index in [-0.39, 0.29) is 5.91 Å². The van der Waals surface area contributed by atoms with Gasteiger partial charge in [0.05, 0.1) is 11.6 Å². The Labute approximate surface area is 147 Å². The van der Waals surface area contributed by atoms with E-state index in [2.05, 4.69) is 15.6 Å². The minimum Gasteiger partial charge on any atom is -0.322 e. The predicted molar refractivity (Wildman–Crippen MR) is 98.9 cm³/mol. The summed E-state index contributed by atoms with van der Waals surface area (Å²) in [6.45, 7) is 4.01. The van der Waals surface area contributed by atoms with Crippen molar-refractivity contribution in [2.45, 2.75) is 45.6 Å². The Bertz CT molecular complexity index is 938. The zero-order valence-corrected chi connectivity index (χ0v) is 14.6. The van der Waals surface area contributed by atoms with Crippen LogP contribution in [0.2, 0.25) is 0 Å². The highest BCUT2D eigenvalue weighted by molar-refractivity contribution is 6.06. The summed E-state index contributed by atoms with van der Waals surface area (Å²) in [5, 5.41) is 11.6. The van der Waals surface area contributed by atoms with Gasteiger partial charge < -0.3 is 5.32 Å². The molecular weight excluding hydrogens is 312 g/mol. The molecule has 1 fully saturated rings. The molecule has 1 aliphatic carbocycles. The summed E-state index contributed by atoms with van der Waals surface area (Å²) in [5.74, 6) is -0.119. The maximum atomic E-state index is 12.6. The minimum atomic E-state index is -0.119. The van der Waals surface area contributed by atoms with Gasteiger partial charge in [-0.15, -0.1) is 5.10 Å². The number of nitrogens with zero attached hydrogens (tertiary/aromatic N) is 3. The molecule has 0 aliphatic heterocycles. The lowest BCUT2D eigenvalue weighted by Gasteiger charge is -2.11. The summed E-state index contributed by atoms with van der Waals surface area (Å²) in [6.07, 6.45) is 4.82. The summed E-state index contributed by atoms with van der Waals surface area (Å²) in [4.78, 5) is 12.6. The van der Waals surface area contributed by atoms with Gasteiger partial charge in [-0.1, -0.05) is 30.2 Å². The molecule has 2 aromatic carbocycles. The van der Waals surface area contributed by atoms with Crippen molar-refractivity contribution in [2.24, 2.45) is 0 Å². The molecule has 0 spiro atoms. The first-order valence-corrected chi connectivity index (χ1v) is 8.85. The van der Waals surface area contributed by atoms with Crippen LogP contribution in [0.4, 0.5) is 5.69 Å². The monoisotopic (exact) mass is 334 g/mol. The molecule has 5 heteroatoms.